The van der Waals surface area contributed by atoms with E-state index < -0.39 is 17.4 Å². The van der Waals surface area contributed by atoms with E-state index in [0.29, 0.717) is 13.5 Å². The molecule has 0 aromatic heterocycles. The van der Waals surface area contributed by atoms with E-state index in [1.807, 2.05) is 0 Å². The zero-order chi connectivity index (χ0) is 16.1. The van der Waals surface area contributed by atoms with Crippen molar-refractivity contribution in [2.75, 3.05) is 13.1 Å². The lowest BCUT2D eigenvalue weighted by atomic mass is 9.70. The van der Waals surface area contributed by atoms with E-state index in [1.165, 1.54) is 0 Å². The summed E-state index contributed by atoms with van der Waals surface area (Å²) in [6.45, 7) is 6.58. The smallest absolute Gasteiger partial charge is 0.410 e. The van der Waals surface area contributed by atoms with Crippen LogP contribution in [0, 0.1) is 5.41 Å². The lowest BCUT2D eigenvalue weighted by Crippen LogP contribution is -2.47. The molecule has 0 atom stereocenters. The molecule has 2 amide bonds. The molecule has 3 rings (SSSR count). The summed E-state index contributed by atoms with van der Waals surface area (Å²) in [5.74, 6) is -4.64. The Hall–Kier alpha value is -1.40. The molecule has 120 valence electrons. The number of nitrogens with zero attached hydrogens (tertiary/aromatic N) is 1. The summed E-state index contributed by atoms with van der Waals surface area (Å²) in [4.78, 5) is 24.9. The maximum atomic E-state index is 12.8. The monoisotopic (exact) mass is 304 g/mol. The molecule has 7 heteroatoms. The van der Waals surface area contributed by atoms with E-state index in [1.54, 1.807) is 25.7 Å². The Morgan fingerprint density at radius 3 is 2.33 bits per heavy atom. The molecule has 2 saturated heterocycles. The summed E-state index contributed by atoms with van der Waals surface area (Å²) >= 11 is 0. The standard InChI is InChI=1S/C14H22F2N2O3/c1-12(2,3)21-11(20)18-8-14(5-9(18)6-14)7-17-10(19)13(4,15)16/h9H,5-8H2,1-4H3,(H,17,19). The Bertz CT molecular complexity index is 448. The number of halogens is 2. The Balaban J connectivity index is 1.87. The number of fused-ring (bicyclic) bond motifs is 1. The van der Waals surface area contributed by atoms with Gasteiger partial charge in [-0.1, -0.05) is 0 Å². The highest BCUT2D eigenvalue weighted by molar-refractivity contribution is 5.82. The van der Waals surface area contributed by atoms with Crippen LogP contribution in [0.1, 0.15) is 40.5 Å². The summed E-state index contributed by atoms with van der Waals surface area (Å²) in [7, 11) is 0. The van der Waals surface area contributed by atoms with Crippen LogP contribution in [0.15, 0.2) is 0 Å². The van der Waals surface area contributed by atoms with Gasteiger partial charge in [0, 0.05) is 31.5 Å². The molecule has 5 nitrogen and oxygen atoms in total. The van der Waals surface area contributed by atoms with Crippen LogP contribution < -0.4 is 5.32 Å². The topological polar surface area (TPSA) is 58.6 Å². The highest BCUT2D eigenvalue weighted by Gasteiger charge is 2.57. The average Bonchev–Trinajstić information content (AvgIpc) is 2.76. The number of alkyl halides is 2. The maximum absolute atomic E-state index is 12.8. The van der Waals surface area contributed by atoms with E-state index in [0.717, 1.165) is 12.8 Å². The first kappa shape index (κ1) is 16.0. The van der Waals surface area contributed by atoms with Gasteiger partial charge in [0.25, 0.3) is 5.91 Å². The van der Waals surface area contributed by atoms with Crippen LogP contribution in [-0.4, -0.2) is 47.6 Å². The predicted molar refractivity (Wildman–Crippen MR) is 72.0 cm³/mol. The van der Waals surface area contributed by atoms with Gasteiger partial charge in [-0.05, 0) is 33.6 Å². The van der Waals surface area contributed by atoms with Gasteiger partial charge in [0.1, 0.15) is 5.60 Å². The molecule has 2 bridgehead atoms. The van der Waals surface area contributed by atoms with Gasteiger partial charge in [-0.15, -0.1) is 0 Å². The number of hydrogen-bond acceptors (Lipinski definition) is 3. The van der Waals surface area contributed by atoms with Crippen molar-refractivity contribution in [2.45, 2.75) is 58.1 Å². The summed E-state index contributed by atoms with van der Waals surface area (Å²) in [6.07, 6.45) is 1.07. The van der Waals surface area contributed by atoms with Crippen molar-refractivity contribution in [3.8, 4) is 0 Å². The van der Waals surface area contributed by atoms with E-state index >= 15 is 0 Å². The fraction of sp³-hybridized carbons (Fsp3) is 0.857. The molecule has 0 unspecified atom stereocenters. The minimum Gasteiger partial charge on any atom is -0.444 e. The molecule has 1 saturated carbocycles. The SMILES string of the molecule is CC(C)(C)OC(=O)N1CC2(CNC(=O)C(C)(F)F)CC1C2. The number of nitrogens with one attached hydrogen (secondary N) is 1. The minimum absolute atomic E-state index is 0.0962. The van der Waals surface area contributed by atoms with Crippen LogP contribution in [-0.2, 0) is 9.53 Å². The predicted octanol–water partition coefficient (Wildman–Crippen LogP) is 2.16. The van der Waals surface area contributed by atoms with Crippen molar-refractivity contribution in [1.82, 2.24) is 10.2 Å². The van der Waals surface area contributed by atoms with Crippen molar-refractivity contribution in [2.24, 2.45) is 5.41 Å². The molecule has 21 heavy (non-hydrogen) atoms. The quantitative estimate of drug-likeness (QED) is 0.869. The van der Waals surface area contributed by atoms with Crippen molar-refractivity contribution in [3.05, 3.63) is 0 Å². The Kier molecular flexibility index (Phi) is 3.66. The van der Waals surface area contributed by atoms with E-state index in [4.69, 9.17) is 4.74 Å². The highest BCUT2D eigenvalue weighted by atomic mass is 19.3. The van der Waals surface area contributed by atoms with Gasteiger partial charge in [-0.2, -0.15) is 8.78 Å². The summed E-state index contributed by atoms with van der Waals surface area (Å²) in [5, 5.41) is 2.28. The summed E-state index contributed by atoms with van der Waals surface area (Å²) in [5.41, 5.74) is -0.835. The van der Waals surface area contributed by atoms with Gasteiger partial charge < -0.3 is 15.0 Å². The number of amides is 2. The second-order valence-electron chi connectivity index (χ2n) is 7.24. The number of rotatable bonds is 3. The highest BCUT2D eigenvalue weighted by Crippen LogP contribution is 2.51. The van der Waals surface area contributed by atoms with Crippen LogP contribution in [0.2, 0.25) is 0 Å². The molecule has 1 N–H and O–H groups in total. The van der Waals surface area contributed by atoms with Crippen LogP contribution in [0.3, 0.4) is 0 Å². The second-order valence-corrected chi connectivity index (χ2v) is 7.24. The first-order chi connectivity index (χ1) is 9.42. The molecule has 0 aromatic carbocycles. The van der Waals surface area contributed by atoms with Crippen LogP contribution in [0.25, 0.3) is 0 Å². The molecule has 0 spiro atoms. The third kappa shape index (κ3) is 3.44. The molecule has 2 heterocycles. The largest absolute Gasteiger partial charge is 0.444 e. The van der Waals surface area contributed by atoms with Gasteiger partial charge in [-0.25, -0.2) is 4.79 Å². The van der Waals surface area contributed by atoms with Gasteiger partial charge in [-0.3, -0.25) is 4.79 Å². The average molecular weight is 304 g/mol. The lowest BCUT2D eigenvalue weighted by Gasteiger charge is -2.37. The second kappa shape index (κ2) is 4.81. The lowest BCUT2D eigenvalue weighted by molar-refractivity contribution is -0.143. The van der Waals surface area contributed by atoms with E-state index in [2.05, 4.69) is 5.32 Å². The summed E-state index contributed by atoms with van der Waals surface area (Å²) < 4.78 is 31.0. The minimum atomic E-state index is -3.37. The van der Waals surface area contributed by atoms with Crippen molar-refractivity contribution < 1.29 is 23.1 Å². The first-order valence-corrected chi connectivity index (χ1v) is 7.08. The molecule has 1 aliphatic carbocycles. The molecular weight excluding hydrogens is 282 g/mol. The fourth-order valence-electron chi connectivity index (χ4n) is 2.94. The van der Waals surface area contributed by atoms with Crippen LogP contribution in [0.5, 0.6) is 0 Å². The zero-order valence-electron chi connectivity index (χ0n) is 12.8. The Morgan fingerprint density at radius 2 is 1.86 bits per heavy atom. The number of carbonyl (C=O) groups excluding carboxylic acids is 2. The van der Waals surface area contributed by atoms with Crippen LogP contribution >= 0.6 is 0 Å². The number of hydrogen-bond donors (Lipinski definition) is 1. The molecular formula is C14H22F2N2O3. The Labute approximate surface area is 123 Å². The van der Waals surface area contributed by atoms with Crippen LogP contribution in [0.4, 0.5) is 13.6 Å². The van der Waals surface area contributed by atoms with Crippen molar-refractivity contribution in [1.29, 1.82) is 0 Å². The van der Waals surface area contributed by atoms with Gasteiger partial charge in [0.15, 0.2) is 0 Å². The first-order valence-electron chi connectivity index (χ1n) is 7.08. The molecule has 3 aliphatic rings. The third-order valence-electron chi connectivity index (χ3n) is 3.93. The van der Waals surface area contributed by atoms with E-state index in [-0.39, 0.29) is 24.1 Å². The Morgan fingerprint density at radius 1 is 1.29 bits per heavy atom. The number of ether oxygens (including phenoxy) is 1. The van der Waals surface area contributed by atoms with Gasteiger partial charge >= 0.3 is 12.0 Å². The fourth-order valence-corrected chi connectivity index (χ4v) is 2.94. The van der Waals surface area contributed by atoms with Gasteiger partial charge in [0.05, 0.1) is 0 Å². The van der Waals surface area contributed by atoms with Crippen molar-refractivity contribution in [3.63, 3.8) is 0 Å². The van der Waals surface area contributed by atoms with Gasteiger partial charge in [0.2, 0.25) is 0 Å². The zero-order valence-corrected chi connectivity index (χ0v) is 12.8. The molecule has 3 fully saturated rings. The summed E-state index contributed by atoms with van der Waals surface area (Å²) in [6, 6.07) is 0.0962. The maximum Gasteiger partial charge on any atom is 0.410 e. The number of carbonyl (C=O) groups is 2. The van der Waals surface area contributed by atoms with E-state index in [9.17, 15) is 18.4 Å². The van der Waals surface area contributed by atoms with Crippen molar-refractivity contribution >= 4 is 12.0 Å². The molecule has 2 aliphatic heterocycles. The third-order valence-corrected chi connectivity index (χ3v) is 3.93. The molecule has 0 radical (unpaired) electrons. The normalized spacial score (nSPS) is 28.1. The molecule has 0 aromatic rings.